The molecule has 2 aromatic carbocycles. The van der Waals surface area contributed by atoms with Crippen molar-refractivity contribution in [3.63, 3.8) is 0 Å². The summed E-state index contributed by atoms with van der Waals surface area (Å²) in [5.74, 6) is -0.355. The van der Waals surface area contributed by atoms with Gasteiger partial charge in [-0.05, 0) is 25.1 Å². The smallest absolute Gasteiger partial charge is 0.274 e. The number of carbonyl (C=O) groups excluding carboxylic acids is 1. The number of methoxy groups -OCH3 is 1. The molecule has 0 saturated heterocycles. The fourth-order valence-electron chi connectivity index (χ4n) is 2.08. The Kier molecular flexibility index (Phi) is 5.08. The van der Waals surface area contributed by atoms with Gasteiger partial charge in [-0.1, -0.05) is 29.3 Å². The zero-order valence-electron chi connectivity index (χ0n) is 12.2. The summed E-state index contributed by atoms with van der Waals surface area (Å²) in [6.45, 7) is 1.55. The summed E-state index contributed by atoms with van der Waals surface area (Å²) in [4.78, 5) is 22.9. The van der Waals surface area contributed by atoms with Crippen molar-refractivity contribution in [3.8, 4) is 5.75 Å². The summed E-state index contributed by atoms with van der Waals surface area (Å²) < 4.78 is 5.12. The lowest BCUT2D eigenvalue weighted by Crippen LogP contribution is -2.14. The van der Waals surface area contributed by atoms with Crippen LogP contribution in [0.2, 0.25) is 10.0 Å². The average molecular weight is 355 g/mol. The van der Waals surface area contributed by atoms with Crippen molar-refractivity contribution in [1.29, 1.82) is 0 Å². The first-order chi connectivity index (χ1) is 10.8. The molecule has 2 aromatic rings. The molecule has 23 heavy (non-hydrogen) atoms. The van der Waals surface area contributed by atoms with E-state index in [1.165, 1.54) is 31.4 Å². The first kappa shape index (κ1) is 17.1. The van der Waals surface area contributed by atoms with E-state index >= 15 is 0 Å². The second kappa shape index (κ2) is 6.85. The molecule has 0 aliphatic carbocycles. The highest BCUT2D eigenvalue weighted by Gasteiger charge is 2.19. The van der Waals surface area contributed by atoms with Crippen molar-refractivity contribution in [2.75, 3.05) is 12.4 Å². The molecule has 0 bridgehead atoms. The van der Waals surface area contributed by atoms with Crippen molar-refractivity contribution in [3.05, 3.63) is 61.6 Å². The molecule has 0 unspecified atom stereocenters. The molecule has 0 radical (unpaired) electrons. The van der Waals surface area contributed by atoms with Crippen molar-refractivity contribution < 1.29 is 14.5 Å². The summed E-state index contributed by atoms with van der Waals surface area (Å²) in [5.41, 5.74) is 0.718. The van der Waals surface area contributed by atoms with Crippen LogP contribution in [0.15, 0.2) is 30.3 Å². The largest absolute Gasteiger partial charge is 0.494 e. The van der Waals surface area contributed by atoms with Crippen molar-refractivity contribution in [2.45, 2.75) is 6.92 Å². The van der Waals surface area contributed by atoms with Gasteiger partial charge in [-0.25, -0.2) is 0 Å². The number of hydrogen-bond donors (Lipinski definition) is 1. The normalized spacial score (nSPS) is 10.3. The number of nitrogens with one attached hydrogen (secondary N) is 1. The zero-order valence-corrected chi connectivity index (χ0v) is 13.7. The highest BCUT2D eigenvalue weighted by molar-refractivity contribution is 6.36. The zero-order chi connectivity index (χ0) is 17.1. The predicted molar refractivity (Wildman–Crippen MR) is 88.8 cm³/mol. The van der Waals surface area contributed by atoms with Gasteiger partial charge in [0.15, 0.2) is 0 Å². The van der Waals surface area contributed by atoms with E-state index in [-0.39, 0.29) is 27.0 Å². The minimum atomic E-state index is -0.533. The number of nitrogens with zero attached hydrogens (tertiary/aromatic N) is 1. The standard InChI is InChI=1S/C15H12Cl2N2O4/c1-8-12(4-3-5-13(8)19(21)22)18-15(20)10-6-9(16)7-11(17)14(10)23-2/h3-7H,1-2H3,(H,18,20). The molecule has 1 amide bonds. The molecule has 6 nitrogen and oxygen atoms in total. The van der Waals surface area contributed by atoms with Gasteiger partial charge in [0.1, 0.15) is 5.75 Å². The maximum absolute atomic E-state index is 12.5. The molecule has 0 heterocycles. The Hall–Kier alpha value is -2.31. The average Bonchev–Trinajstić information content (AvgIpc) is 2.48. The Labute approximate surface area is 142 Å². The van der Waals surface area contributed by atoms with E-state index in [9.17, 15) is 14.9 Å². The molecule has 2 rings (SSSR count). The lowest BCUT2D eigenvalue weighted by atomic mass is 10.1. The lowest BCUT2D eigenvalue weighted by Gasteiger charge is -2.12. The summed E-state index contributed by atoms with van der Waals surface area (Å²) in [7, 11) is 1.38. The van der Waals surface area contributed by atoms with Crippen LogP contribution in [0, 0.1) is 17.0 Å². The van der Waals surface area contributed by atoms with Crippen LogP contribution in [-0.2, 0) is 0 Å². The van der Waals surface area contributed by atoms with Crippen molar-refractivity contribution in [2.24, 2.45) is 0 Å². The van der Waals surface area contributed by atoms with Gasteiger partial charge in [0.25, 0.3) is 11.6 Å². The summed E-state index contributed by atoms with van der Waals surface area (Å²) in [6, 6.07) is 7.29. The van der Waals surface area contributed by atoms with Crippen LogP contribution in [0.1, 0.15) is 15.9 Å². The second-order valence-electron chi connectivity index (χ2n) is 4.63. The molecular formula is C15H12Cl2N2O4. The van der Waals surface area contributed by atoms with E-state index in [1.54, 1.807) is 13.0 Å². The maximum Gasteiger partial charge on any atom is 0.274 e. The van der Waals surface area contributed by atoms with Gasteiger partial charge in [0.2, 0.25) is 0 Å². The molecule has 0 aromatic heterocycles. The van der Waals surface area contributed by atoms with Crippen LogP contribution >= 0.6 is 23.2 Å². The van der Waals surface area contributed by atoms with E-state index in [4.69, 9.17) is 27.9 Å². The molecule has 0 aliphatic heterocycles. The molecule has 0 fully saturated rings. The highest BCUT2D eigenvalue weighted by atomic mass is 35.5. The molecule has 120 valence electrons. The predicted octanol–water partition coefficient (Wildman–Crippen LogP) is 4.47. The fourth-order valence-corrected chi connectivity index (χ4v) is 2.65. The van der Waals surface area contributed by atoms with Crippen LogP contribution in [0.3, 0.4) is 0 Å². The lowest BCUT2D eigenvalue weighted by molar-refractivity contribution is -0.385. The number of hydrogen-bond acceptors (Lipinski definition) is 4. The van der Waals surface area contributed by atoms with Crippen LogP contribution in [-0.4, -0.2) is 17.9 Å². The first-order valence-corrected chi connectivity index (χ1v) is 7.19. The summed E-state index contributed by atoms with van der Waals surface area (Å²) >= 11 is 11.9. The Morgan fingerprint density at radius 2 is 2.00 bits per heavy atom. The van der Waals surface area contributed by atoms with Crippen LogP contribution in [0.4, 0.5) is 11.4 Å². The molecule has 0 spiro atoms. The first-order valence-electron chi connectivity index (χ1n) is 6.43. The second-order valence-corrected chi connectivity index (χ2v) is 5.47. The van der Waals surface area contributed by atoms with E-state index in [0.717, 1.165) is 0 Å². The maximum atomic E-state index is 12.5. The number of anilines is 1. The molecule has 0 aliphatic rings. The van der Waals surface area contributed by atoms with Crippen LogP contribution < -0.4 is 10.1 Å². The van der Waals surface area contributed by atoms with Gasteiger partial charge in [-0.3, -0.25) is 14.9 Å². The third kappa shape index (κ3) is 3.55. The number of carbonyl (C=O) groups is 1. The molecule has 0 atom stereocenters. The quantitative estimate of drug-likeness (QED) is 0.648. The van der Waals surface area contributed by atoms with E-state index in [0.29, 0.717) is 11.3 Å². The van der Waals surface area contributed by atoms with Crippen LogP contribution in [0.5, 0.6) is 5.75 Å². The van der Waals surface area contributed by atoms with Gasteiger partial charge in [0, 0.05) is 11.1 Å². The van der Waals surface area contributed by atoms with Crippen molar-refractivity contribution >= 4 is 40.5 Å². The Morgan fingerprint density at radius 1 is 1.30 bits per heavy atom. The molecule has 0 saturated carbocycles. The number of amides is 1. The van der Waals surface area contributed by atoms with Crippen LogP contribution in [0.25, 0.3) is 0 Å². The third-order valence-corrected chi connectivity index (χ3v) is 3.71. The van der Waals surface area contributed by atoms with Gasteiger partial charge >= 0.3 is 0 Å². The number of nitro groups is 1. The van der Waals surface area contributed by atoms with Gasteiger partial charge in [-0.15, -0.1) is 0 Å². The third-order valence-electron chi connectivity index (χ3n) is 3.21. The van der Waals surface area contributed by atoms with E-state index in [1.807, 2.05) is 0 Å². The Balaban J connectivity index is 2.41. The molecule has 8 heteroatoms. The monoisotopic (exact) mass is 354 g/mol. The summed E-state index contributed by atoms with van der Waals surface area (Å²) in [6.07, 6.45) is 0. The number of ether oxygens (including phenoxy) is 1. The van der Waals surface area contributed by atoms with Crippen molar-refractivity contribution in [1.82, 2.24) is 0 Å². The minimum absolute atomic E-state index is 0.0844. The fraction of sp³-hybridized carbons (Fsp3) is 0.133. The molecule has 1 N–H and O–H groups in total. The van der Waals surface area contributed by atoms with E-state index in [2.05, 4.69) is 5.32 Å². The van der Waals surface area contributed by atoms with E-state index < -0.39 is 10.8 Å². The van der Waals surface area contributed by atoms with Gasteiger partial charge in [-0.2, -0.15) is 0 Å². The number of nitro benzene ring substituents is 1. The SMILES string of the molecule is COc1c(Cl)cc(Cl)cc1C(=O)Nc1cccc([N+](=O)[O-])c1C. The summed E-state index contributed by atoms with van der Waals surface area (Å²) in [5, 5.41) is 14.0. The van der Waals surface area contributed by atoms with Gasteiger partial charge < -0.3 is 10.1 Å². The number of benzene rings is 2. The Bertz CT molecular complexity index is 793. The Morgan fingerprint density at radius 3 is 2.61 bits per heavy atom. The topological polar surface area (TPSA) is 81.5 Å². The number of halogens is 2. The van der Waals surface area contributed by atoms with Gasteiger partial charge in [0.05, 0.1) is 33.9 Å². The molecular weight excluding hydrogens is 343 g/mol. The minimum Gasteiger partial charge on any atom is -0.494 e. The highest BCUT2D eigenvalue weighted by Crippen LogP contribution is 2.33. The number of rotatable bonds is 4.